The molecule has 2 atom stereocenters. The summed E-state index contributed by atoms with van der Waals surface area (Å²) in [7, 11) is -1.46. The highest BCUT2D eigenvalue weighted by molar-refractivity contribution is 6.47. The van der Waals surface area contributed by atoms with Crippen molar-refractivity contribution < 1.29 is 19.3 Å². The second-order valence-electron chi connectivity index (χ2n) is 6.93. The number of nitrogens with one attached hydrogen (secondary N) is 1. The number of aromatic nitrogens is 2. The Balaban J connectivity index is 2.10. The molecule has 9 heteroatoms. The molecule has 2 aromatic rings. The number of amides is 1. The van der Waals surface area contributed by atoms with E-state index in [1.165, 1.54) is 18.6 Å². The molecule has 1 heterocycles. The molecule has 0 saturated heterocycles. The molecule has 0 aliphatic carbocycles. The van der Waals surface area contributed by atoms with E-state index in [1.807, 2.05) is 44.2 Å². The van der Waals surface area contributed by atoms with Gasteiger partial charge in [0.1, 0.15) is 11.7 Å². The molecule has 148 valence electrons. The Morgan fingerprint density at radius 3 is 2.57 bits per heavy atom. The van der Waals surface area contributed by atoms with Crippen molar-refractivity contribution in [3.8, 4) is 0 Å². The van der Waals surface area contributed by atoms with Gasteiger partial charge in [0.2, 0.25) is 0 Å². The van der Waals surface area contributed by atoms with Crippen LogP contribution in [0.15, 0.2) is 48.9 Å². The first kappa shape index (κ1) is 21.5. The molecule has 0 fully saturated rings. The van der Waals surface area contributed by atoms with Crippen molar-refractivity contribution in [2.24, 2.45) is 11.7 Å². The molecular weight excluding hydrogens is 359 g/mol. The molecule has 28 heavy (non-hydrogen) atoms. The summed E-state index contributed by atoms with van der Waals surface area (Å²) < 4.78 is 5.13. The maximum absolute atomic E-state index is 12.6. The van der Waals surface area contributed by atoms with E-state index in [4.69, 9.17) is 10.4 Å². The van der Waals surface area contributed by atoms with Gasteiger partial charge >= 0.3 is 13.1 Å². The molecule has 0 bridgehead atoms. The Hall–Kier alpha value is -2.78. The minimum absolute atomic E-state index is 0.0745. The lowest BCUT2D eigenvalue weighted by atomic mass is 9.75. The van der Waals surface area contributed by atoms with Crippen LogP contribution in [-0.4, -0.2) is 46.0 Å². The third kappa shape index (κ3) is 6.75. The quantitative estimate of drug-likeness (QED) is 0.545. The van der Waals surface area contributed by atoms with Crippen molar-refractivity contribution >= 4 is 19.0 Å². The fourth-order valence-electron chi connectivity index (χ4n) is 2.64. The number of carbonyl (C=O) groups excluding carboxylic acids is 2. The fraction of sp³-hybridized carbons (Fsp3) is 0.368. The predicted molar refractivity (Wildman–Crippen MR) is 105 cm³/mol. The molecule has 4 N–H and O–H groups in total. The highest BCUT2D eigenvalue weighted by Gasteiger charge is 2.32. The van der Waals surface area contributed by atoms with Crippen LogP contribution in [0.5, 0.6) is 0 Å². The average molecular weight is 384 g/mol. The zero-order valence-electron chi connectivity index (χ0n) is 16.0. The van der Waals surface area contributed by atoms with Crippen molar-refractivity contribution in [1.82, 2.24) is 15.3 Å². The number of hydrogen-bond acceptors (Lipinski definition) is 7. The van der Waals surface area contributed by atoms with Crippen LogP contribution in [0.4, 0.5) is 0 Å². The number of nitrogens with zero attached hydrogens (tertiary/aromatic N) is 2. The normalized spacial score (nSPS) is 12.9. The van der Waals surface area contributed by atoms with Crippen molar-refractivity contribution in [3.05, 3.63) is 60.2 Å². The molecule has 2 rings (SSSR count). The minimum atomic E-state index is -1.46. The standard InChI is InChI=1S/C19H25BN4O4/c1-13(2)10-17(21)20(27)28-19(26)15(11-14-6-4-3-5-7-14)24-18(25)16-12-22-8-9-23-16/h3-9,12-13,15,17,27H,10-11,21H2,1-2H3,(H,24,25)/t15-,17+/m0/s1. The molecular formula is C19H25BN4O4. The lowest BCUT2D eigenvalue weighted by Crippen LogP contribution is -2.49. The van der Waals surface area contributed by atoms with E-state index in [1.54, 1.807) is 0 Å². The van der Waals surface area contributed by atoms with Gasteiger partial charge in [-0.1, -0.05) is 44.2 Å². The average Bonchev–Trinajstić information content (AvgIpc) is 2.68. The smallest absolute Gasteiger partial charge is 0.507 e. The molecule has 0 spiro atoms. The van der Waals surface area contributed by atoms with Crippen molar-refractivity contribution in [2.45, 2.75) is 38.7 Å². The van der Waals surface area contributed by atoms with Gasteiger partial charge in [0.25, 0.3) is 5.91 Å². The molecule has 1 amide bonds. The van der Waals surface area contributed by atoms with E-state index < -0.39 is 31.0 Å². The van der Waals surface area contributed by atoms with Gasteiger partial charge in [0.15, 0.2) is 0 Å². The Morgan fingerprint density at radius 1 is 1.25 bits per heavy atom. The van der Waals surface area contributed by atoms with Crippen LogP contribution < -0.4 is 11.1 Å². The Kier molecular flexibility index (Phi) is 8.10. The van der Waals surface area contributed by atoms with Crippen molar-refractivity contribution in [2.75, 3.05) is 0 Å². The summed E-state index contributed by atoms with van der Waals surface area (Å²) in [5.41, 5.74) is 6.78. The predicted octanol–water partition coefficient (Wildman–Crippen LogP) is 0.754. The largest absolute Gasteiger partial charge is 0.542 e. The summed E-state index contributed by atoms with van der Waals surface area (Å²) in [6.07, 6.45) is 4.81. The number of hydrogen-bond donors (Lipinski definition) is 3. The van der Waals surface area contributed by atoms with Crippen LogP contribution in [0.25, 0.3) is 0 Å². The van der Waals surface area contributed by atoms with Gasteiger partial charge in [-0.25, -0.2) is 4.98 Å². The summed E-state index contributed by atoms with van der Waals surface area (Å²) in [6.45, 7) is 3.90. The second kappa shape index (κ2) is 10.5. The van der Waals surface area contributed by atoms with E-state index in [0.29, 0.717) is 6.42 Å². The summed E-state index contributed by atoms with van der Waals surface area (Å²) >= 11 is 0. The third-order valence-corrected chi connectivity index (χ3v) is 4.02. The van der Waals surface area contributed by atoms with Gasteiger partial charge in [-0.05, 0) is 17.9 Å². The first-order valence-electron chi connectivity index (χ1n) is 9.11. The van der Waals surface area contributed by atoms with Crippen LogP contribution in [0.3, 0.4) is 0 Å². The fourth-order valence-corrected chi connectivity index (χ4v) is 2.64. The lowest BCUT2D eigenvalue weighted by molar-refractivity contribution is -0.138. The van der Waals surface area contributed by atoms with Crippen LogP contribution >= 0.6 is 0 Å². The zero-order chi connectivity index (χ0) is 20.5. The van der Waals surface area contributed by atoms with E-state index in [-0.39, 0.29) is 18.0 Å². The topological polar surface area (TPSA) is 127 Å². The van der Waals surface area contributed by atoms with E-state index in [2.05, 4.69) is 15.3 Å². The number of carbonyl (C=O) groups is 2. The molecule has 8 nitrogen and oxygen atoms in total. The number of benzene rings is 1. The van der Waals surface area contributed by atoms with Crippen LogP contribution in [0, 0.1) is 5.92 Å². The van der Waals surface area contributed by atoms with E-state index in [0.717, 1.165) is 5.56 Å². The van der Waals surface area contributed by atoms with Crippen LogP contribution in [-0.2, 0) is 15.9 Å². The number of rotatable bonds is 9. The Bertz CT molecular complexity index is 761. The lowest BCUT2D eigenvalue weighted by Gasteiger charge is -2.21. The third-order valence-electron chi connectivity index (χ3n) is 4.02. The number of nitrogens with two attached hydrogens (primary N) is 1. The molecule has 0 unspecified atom stereocenters. The minimum Gasteiger partial charge on any atom is -0.507 e. The monoisotopic (exact) mass is 384 g/mol. The van der Waals surface area contributed by atoms with Crippen molar-refractivity contribution in [1.29, 1.82) is 0 Å². The SMILES string of the molecule is CC(C)C[C@@H](N)B(O)OC(=O)[C@H](Cc1ccccc1)NC(=O)c1cnccn1. The highest BCUT2D eigenvalue weighted by atomic mass is 16.6. The second-order valence-corrected chi connectivity index (χ2v) is 6.93. The highest BCUT2D eigenvalue weighted by Crippen LogP contribution is 2.09. The van der Waals surface area contributed by atoms with Gasteiger partial charge in [0.05, 0.1) is 12.1 Å². The van der Waals surface area contributed by atoms with Crippen LogP contribution in [0.1, 0.15) is 36.3 Å². The van der Waals surface area contributed by atoms with Gasteiger partial charge in [-0.2, -0.15) is 0 Å². The molecule has 1 aromatic heterocycles. The summed E-state index contributed by atoms with van der Waals surface area (Å²) in [5.74, 6) is -1.81. The first-order chi connectivity index (χ1) is 13.4. The van der Waals surface area contributed by atoms with E-state index in [9.17, 15) is 14.6 Å². The zero-order valence-corrected chi connectivity index (χ0v) is 16.0. The molecule has 0 saturated carbocycles. The Morgan fingerprint density at radius 2 is 1.96 bits per heavy atom. The first-order valence-corrected chi connectivity index (χ1v) is 9.11. The van der Waals surface area contributed by atoms with Crippen molar-refractivity contribution in [3.63, 3.8) is 0 Å². The summed E-state index contributed by atoms with van der Waals surface area (Å²) in [5, 5.41) is 12.7. The van der Waals surface area contributed by atoms with Gasteiger partial charge in [0, 0.05) is 18.8 Å². The summed E-state index contributed by atoms with van der Waals surface area (Å²) in [6, 6.07) is 8.15. The maximum atomic E-state index is 12.6. The van der Waals surface area contributed by atoms with E-state index >= 15 is 0 Å². The van der Waals surface area contributed by atoms with Gasteiger partial charge < -0.3 is 20.7 Å². The molecule has 1 aromatic carbocycles. The summed E-state index contributed by atoms with van der Waals surface area (Å²) in [4.78, 5) is 32.8. The van der Waals surface area contributed by atoms with Gasteiger partial charge in [-0.15, -0.1) is 0 Å². The Labute approximate surface area is 164 Å². The maximum Gasteiger partial charge on any atom is 0.542 e. The molecule has 0 radical (unpaired) electrons. The van der Waals surface area contributed by atoms with Crippen LogP contribution in [0.2, 0.25) is 0 Å². The molecule has 0 aliphatic heterocycles. The molecule has 0 aliphatic rings. The van der Waals surface area contributed by atoms with Gasteiger partial charge in [-0.3, -0.25) is 14.6 Å².